The Bertz CT molecular complexity index is 470. The highest BCUT2D eigenvalue weighted by Gasteiger charge is 2.35. The number of urea groups is 1. The normalized spacial score (nSPS) is 18.6. The van der Waals surface area contributed by atoms with E-state index in [0.717, 1.165) is 17.7 Å². The molecule has 0 spiro atoms. The van der Waals surface area contributed by atoms with E-state index in [1.807, 2.05) is 31.2 Å². The van der Waals surface area contributed by atoms with E-state index in [4.69, 9.17) is 10.1 Å². The average molecular weight is 261 g/mol. The summed E-state index contributed by atoms with van der Waals surface area (Å²) in [6, 6.07) is 7.07. The van der Waals surface area contributed by atoms with E-state index in [0.29, 0.717) is 13.2 Å². The molecule has 0 bridgehead atoms. The summed E-state index contributed by atoms with van der Waals surface area (Å²) in [5, 5.41) is 10.4. The minimum Gasteiger partial charge on any atom is -0.494 e. The highest BCUT2D eigenvalue weighted by Crippen LogP contribution is 2.27. The summed E-state index contributed by atoms with van der Waals surface area (Å²) in [7, 11) is 0. The molecule has 2 rings (SSSR count). The molecule has 0 aromatic heterocycles. The third kappa shape index (κ3) is 2.70. The number of rotatable bonds is 5. The predicted molar refractivity (Wildman–Crippen MR) is 73.6 cm³/mol. The highest BCUT2D eigenvalue weighted by molar-refractivity contribution is 6.05. The first-order chi connectivity index (χ1) is 9.17. The van der Waals surface area contributed by atoms with Gasteiger partial charge < -0.3 is 9.64 Å². The van der Waals surface area contributed by atoms with Gasteiger partial charge in [-0.2, -0.15) is 0 Å². The molecular weight excluding hydrogens is 242 g/mol. The first kappa shape index (κ1) is 13.4. The van der Waals surface area contributed by atoms with Crippen molar-refractivity contribution in [1.82, 2.24) is 10.2 Å². The van der Waals surface area contributed by atoms with Crippen LogP contribution in [0.25, 0.3) is 0 Å². The largest absolute Gasteiger partial charge is 0.494 e. The Balaban J connectivity index is 2.17. The third-order valence-corrected chi connectivity index (χ3v) is 3.10. The second-order valence-electron chi connectivity index (χ2n) is 4.45. The number of hydrogen-bond donors (Lipinski definition) is 2. The van der Waals surface area contributed by atoms with Crippen LogP contribution in [0.4, 0.5) is 4.79 Å². The van der Waals surface area contributed by atoms with Gasteiger partial charge in [-0.05, 0) is 31.0 Å². The van der Waals surface area contributed by atoms with Crippen LogP contribution in [0.15, 0.2) is 24.3 Å². The molecule has 1 aliphatic heterocycles. The van der Waals surface area contributed by atoms with Gasteiger partial charge >= 0.3 is 6.03 Å². The fraction of sp³-hybridized carbons (Fsp3) is 0.429. The van der Waals surface area contributed by atoms with Gasteiger partial charge in [0.25, 0.3) is 0 Å². The van der Waals surface area contributed by atoms with Crippen LogP contribution in [-0.2, 0) is 0 Å². The summed E-state index contributed by atoms with van der Waals surface area (Å²) in [6.07, 6.45) is 0.969. The summed E-state index contributed by atoms with van der Waals surface area (Å²) in [6.45, 7) is 5.24. The summed E-state index contributed by atoms with van der Waals surface area (Å²) >= 11 is 0. The predicted octanol–water partition coefficient (Wildman–Crippen LogP) is 2.54. The van der Waals surface area contributed by atoms with E-state index in [-0.39, 0.29) is 17.9 Å². The molecule has 1 fully saturated rings. The minimum atomic E-state index is -0.308. The van der Waals surface area contributed by atoms with Crippen LogP contribution in [0, 0.1) is 5.41 Å². The van der Waals surface area contributed by atoms with Crippen LogP contribution < -0.4 is 10.1 Å². The zero-order valence-electron chi connectivity index (χ0n) is 11.3. The van der Waals surface area contributed by atoms with Crippen LogP contribution in [0.2, 0.25) is 0 Å². The molecule has 2 N–H and O–H groups in total. The van der Waals surface area contributed by atoms with Crippen LogP contribution in [0.3, 0.4) is 0 Å². The van der Waals surface area contributed by atoms with Gasteiger partial charge in [0.2, 0.25) is 0 Å². The second-order valence-corrected chi connectivity index (χ2v) is 4.45. The van der Waals surface area contributed by atoms with Crippen molar-refractivity contribution in [1.29, 1.82) is 5.41 Å². The van der Waals surface area contributed by atoms with Crippen molar-refractivity contribution in [3.63, 3.8) is 0 Å². The molecule has 5 nitrogen and oxygen atoms in total. The standard InChI is InChI=1S/C14H19N3O2/c1-3-9-19-11-7-5-10(6-8-11)12-13(15)16-14(18)17(12)4-2/h5-8,12H,3-4,9H2,1-2H3,(H2,15,16,18). The first-order valence-corrected chi connectivity index (χ1v) is 6.56. The van der Waals surface area contributed by atoms with Crippen molar-refractivity contribution in [2.45, 2.75) is 26.3 Å². The maximum atomic E-state index is 11.7. The average Bonchev–Trinajstić information content (AvgIpc) is 2.71. The summed E-state index contributed by atoms with van der Waals surface area (Å²) in [4.78, 5) is 13.3. The number of nitrogens with zero attached hydrogens (tertiary/aromatic N) is 1. The van der Waals surface area contributed by atoms with E-state index in [9.17, 15) is 4.79 Å². The number of amides is 2. The third-order valence-electron chi connectivity index (χ3n) is 3.10. The molecule has 1 atom stereocenters. The number of benzene rings is 1. The van der Waals surface area contributed by atoms with Crippen LogP contribution in [0.1, 0.15) is 31.9 Å². The lowest BCUT2D eigenvalue weighted by atomic mass is 10.1. The Kier molecular flexibility index (Phi) is 4.04. The van der Waals surface area contributed by atoms with E-state index < -0.39 is 0 Å². The number of ether oxygens (including phenoxy) is 1. The van der Waals surface area contributed by atoms with Crippen molar-refractivity contribution in [2.75, 3.05) is 13.2 Å². The van der Waals surface area contributed by atoms with E-state index in [2.05, 4.69) is 12.2 Å². The van der Waals surface area contributed by atoms with Crippen molar-refractivity contribution in [3.8, 4) is 5.75 Å². The molecule has 1 aromatic rings. The molecule has 0 radical (unpaired) electrons. The molecule has 102 valence electrons. The van der Waals surface area contributed by atoms with Gasteiger partial charge in [-0.25, -0.2) is 4.79 Å². The maximum absolute atomic E-state index is 11.7. The van der Waals surface area contributed by atoms with Gasteiger partial charge in [0.15, 0.2) is 0 Å². The lowest BCUT2D eigenvalue weighted by molar-refractivity contribution is 0.209. The van der Waals surface area contributed by atoms with E-state index in [1.54, 1.807) is 4.90 Å². The Labute approximate surface area is 113 Å². The molecule has 5 heteroatoms. The lowest BCUT2D eigenvalue weighted by Gasteiger charge is -2.21. The van der Waals surface area contributed by atoms with E-state index >= 15 is 0 Å². The van der Waals surface area contributed by atoms with Crippen molar-refractivity contribution >= 4 is 11.9 Å². The molecule has 0 aliphatic carbocycles. The fourth-order valence-electron chi connectivity index (χ4n) is 2.17. The number of likely N-dealkylation sites (N-methyl/N-ethyl adjacent to an activating group) is 1. The summed E-state index contributed by atoms with van der Waals surface area (Å²) in [5.74, 6) is 1.05. The second kappa shape index (κ2) is 5.73. The fourth-order valence-corrected chi connectivity index (χ4v) is 2.17. The van der Waals surface area contributed by atoms with Gasteiger partial charge in [-0.1, -0.05) is 19.1 Å². The Morgan fingerprint density at radius 1 is 1.32 bits per heavy atom. The number of amidine groups is 1. The Morgan fingerprint density at radius 2 is 2.00 bits per heavy atom. The Morgan fingerprint density at radius 3 is 2.58 bits per heavy atom. The summed E-state index contributed by atoms with van der Waals surface area (Å²) < 4.78 is 5.52. The van der Waals surface area contributed by atoms with Crippen molar-refractivity contribution in [3.05, 3.63) is 29.8 Å². The van der Waals surface area contributed by atoms with E-state index in [1.165, 1.54) is 0 Å². The topological polar surface area (TPSA) is 65.4 Å². The monoisotopic (exact) mass is 261 g/mol. The number of hydrogen-bond acceptors (Lipinski definition) is 3. The molecule has 0 saturated carbocycles. The molecule has 1 saturated heterocycles. The lowest BCUT2D eigenvalue weighted by Crippen LogP contribution is -2.29. The number of nitrogens with one attached hydrogen (secondary N) is 2. The molecular formula is C14H19N3O2. The smallest absolute Gasteiger partial charge is 0.323 e. The quantitative estimate of drug-likeness (QED) is 0.855. The van der Waals surface area contributed by atoms with Gasteiger partial charge in [-0.15, -0.1) is 0 Å². The van der Waals surface area contributed by atoms with Gasteiger partial charge in [0.1, 0.15) is 17.6 Å². The molecule has 19 heavy (non-hydrogen) atoms. The first-order valence-electron chi connectivity index (χ1n) is 6.56. The van der Waals surface area contributed by atoms with Gasteiger partial charge in [0.05, 0.1) is 6.61 Å². The van der Waals surface area contributed by atoms with Crippen LogP contribution in [0.5, 0.6) is 5.75 Å². The van der Waals surface area contributed by atoms with Crippen LogP contribution >= 0.6 is 0 Å². The highest BCUT2D eigenvalue weighted by atomic mass is 16.5. The number of carbonyl (C=O) groups excluding carboxylic acids is 1. The van der Waals surface area contributed by atoms with Gasteiger partial charge in [0, 0.05) is 6.54 Å². The summed E-state index contributed by atoms with van der Waals surface area (Å²) in [5.41, 5.74) is 0.925. The van der Waals surface area contributed by atoms with Crippen molar-refractivity contribution in [2.24, 2.45) is 0 Å². The zero-order valence-corrected chi connectivity index (χ0v) is 11.3. The zero-order chi connectivity index (χ0) is 13.8. The van der Waals surface area contributed by atoms with Gasteiger partial charge in [-0.3, -0.25) is 10.7 Å². The molecule has 2 amide bonds. The minimum absolute atomic E-state index is 0.205. The van der Waals surface area contributed by atoms with Crippen LogP contribution in [-0.4, -0.2) is 29.9 Å². The molecule has 1 aromatic carbocycles. The Hall–Kier alpha value is -2.04. The number of carbonyl (C=O) groups is 1. The molecule has 1 heterocycles. The SMILES string of the molecule is CCCOc1ccc(C2C(=N)NC(=O)N2CC)cc1. The van der Waals surface area contributed by atoms with Crippen molar-refractivity contribution < 1.29 is 9.53 Å². The maximum Gasteiger partial charge on any atom is 0.323 e. The molecule has 1 aliphatic rings. The molecule has 1 unspecified atom stereocenters.